The summed E-state index contributed by atoms with van der Waals surface area (Å²) in [5.74, 6) is 0.634. The second-order valence-electron chi connectivity index (χ2n) is 3.56. The zero-order valence-corrected chi connectivity index (χ0v) is 10.00. The van der Waals surface area contributed by atoms with Gasteiger partial charge in [0.15, 0.2) is 5.96 Å². The van der Waals surface area contributed by atoms with Gasteiger partial charge in [0, 0.05) is 27.2 Å². The van der Waals surface area contributed by atoms with Gasteiger partial charge >= 0.3 is 0 Å². The van der Waals surface area contributed by atoms with Crippen molar-refractivity contribution < 1.29 is 4.39 Å². The lowest BCUT2D eigenvalue weighted by atomic mass is 10.2. The minimum Gasteiger partial charge on any atom is -0.357 e. The highest BCUT2D eigenvalue weighted by atomic mass is 19.1. The third-order valence-electron chi connectivity index (χ3n) is 2.24. The van der Waals surface area contributed by atoms with Gasteiger partial charge in [-0.15, -0.1) is 0 Å². The van der Waals surface area contributed by atoms with E-state index in [4.69, 9.17) is 0 Å². The summed E-state index contributed by atoms with van der Waals surface area (Å²) in [6.07, 6.45) is 0. The number of guanidine groups is 1. The van der Waals surface area contributed by atoms with Gasteiger partial charge < -0.3 is 10.2 Å². The van der Waals surface area contributed by atoms with E-state index in [-0.39, 0.29) is 5.82 Å². The molecule has 88 valence electrons. The Bertz CT molecular complexity index is 346. The largest absolute Gasteiger partial charge is 0.357 e. The van der Waals surface area contributed by atoms with E-state index in [0.29, 0.717) is 6.54 Å². The van der Waals surface area contributed by atoms with E-state index in [1.54, 1.807) is 19.2 Å². The first-order chi connectivity index (χ1) is 7.67. The Kier molecular flexibility index (Phi) is 4.76. The molecule has 4 heteroatoms. The quantitative estimate of drug-likeness (QED) is 0.625. The molecule has 0 saturated carbocycles. The van der Waals surface area contributed by atoms with Gasteiger partial charge in [-0.25, -0.2) is 4.39 Å². The summed E-state index contributed by atoms with van der Waals surface area (Å²) in [6.45, 7) is 3.57. The van der Waals surface area contributed by atoms with Crippen molar-refractivity contribution in [1.82, 2.24) is 10.2 Å². The fraction of sp³-hybridized carbons (Fsp3) is 0.417. The van der Waals surface area contributed by atoms with Crippen molar-refractivity contribution >= 4 is 5.96 Å². The lowest BCUT2D eigenvalue weighted by Crippen LogP contribution is -2.38. The Balaban J connectivity index is 2.62. The Morgan fingerprint density at radius 1 is 1.38 bits per heavy atom. The summed E-state index contributed by atoms with van der Waals surface area (Å²) in [4.78, 5) is 6.15. The molecule has 0 atom stereocenters. The molecular weight excluding hydrogens is 205 g/mol. The van der Waals surface area contributed by atoms with Gasteiger partial charge in [-0.05, 0) is 24.6 Å². The van der Waals surface area contributed by atoms with Crippen LogP contribution in [0.1, 0.15) is 12.5 Å². The number of rotatable bonds is 3. The van der Waals surface area contributed by atoms with E-state index >= 15 is 0 Å². The number of benzene rings is 1. The summed E-state index contributed by atoms with van der Waals surface area (Å²) < 4.78 is 12.7. The highest BCUT2D eigenvalue weighted by Gasteiger charge is 2.04. The highest BCUT2D eigenvalue weighted by Crippen LogP contribution is 2.05. The molecule has 0 spiro atoms. The third kappa shape index (κ3) is 3.53. The molecule has 1 rings (SSSR count). The van der Waals surface area contributed by atoms with Gasteiger partial charge in [0.2, 0.25) is 0 Å². The lowest BCUT2D eigenvalue weighted by Gasteiger charge is -2.21. The van der Waals surface area contributed by atoms with Crippen molar-refractivity contribution in [3.05, 3.63) is 35.6 Å². The molecule has 0 saturated heterocycles. The summed E-state index contributed by atoms with van der Waals surface area (Å²) in [5, 5.41) is 3.17. The van der Waals surface area contributed by atoms with Gasteiger partial charge in [-0.2, -0.15) is 0 Å². The summed E-state index contributed by atoms with van der Waals surface area (Å²) in [5.41, 5.74) is 1.06. The number of hydrogen-bond donors (Lipinski definition) is 1. The van der Waals surface area contributed by atoms with E-state index in [1.807, 2.05) is 18.9 Å². The molecule has 1 aromatic carbocycles. The van der Waals surface area contributed by atoms with Crippen molar-refractivity contribution in [3.63, 3.8) is 0 Å². The molecular formula is C12H18FN3. The van der Waals surface area contributed by atoms with Crippen LogP contribution in [0.2, 0.25) is 0 Å². The zero-order valence-electron chi connectivity index (χ0n) is 10.00. The van der Waals surface area contributed by atoms with Crippen LogP contribution in [0, 0.1) is 5.82 Å². The topological polar surface area (TPSA) is 27.6 Å². The molecule has 0 amide bonds. The van der Waals surface area contributed by atoms with Crippen molar-refractivity contribution in [2.24, 2.45) is 4.99 Å². The van der Waals surface area contributed by atoms with Crippen molar-refractivity contribution in [2.75, 3.05) is 20.6 Å². The standard InChI is InChI=1S/C12H18FN3/c1-4-15-12(14-2)16(3)9-10-5-7-11(13)8-6-10/h5-8H,4,9H2,1-3H3,(H,14,15). The Morgan fingerprint density at radius 2 is 2.00 bits per heavy atom. The Morgan fingerprint density at radius 3 is 2.50 bits per heavy atom. The monoisotopic (exact) mass is 223 g/mol. The fourth-order valence-corrected chi connectivity index (χ4v) is 1.48. The van der Waals surface area contributed by atoms with Crippen LogP contribution >= 0.6 is 0 Å². The molecule has 0 aliphatic heterocycles. The van der Waals surface area contributed by atoms with Crippen molar-refractivity contribution in [2.45, 2.75) is 13.5 Å². The highest BCUT2D eigenvalue weighted by molar-refractivity contribution is 5.79. The number of aliphatic imine (C=N–C) groups is 1. The van der Waals surface area contributed by atoms with E-state index < -0.39 is 0 Å². The number of nitrogens with zero attached hydrogens (tertiary/aromatic N) is 2. The average molecular weight is 223 g/mol. The minimum atomic E-state index is -0.206. The third-order valence-corrected chi connectivity index (χ3v) is 2.24. The first kappa shape index (κ1) is 12.5. The smallest absolute Gasteiger partial charge is 0.193 e. The second-order valence-corrected chi connectivity index (χ2v) is 3.56. The van der Waals surface area contributed by atoms with Crippen LogP contribution in [-0.4, -0.2) is 31.5 Å². The molecule has 0 unspecified atom stereocenters. The predicted octanol–water partition coefficient (Wildman–Crippen LogP) is 1.85. The maximum atomic E-state index is 12.7. The van der Waals surface area contributed by atoms with Gasteiger partial charge in [0.05, 0.1) is 0 Å². The molecule has 0 aliphatic rings. The minimum absolute atomic E-state index is 0.206. The van der Waals surface area contributed by atoms with Gasteiger partial charge in [0.25, 0.3) is 0 Å². The molecule has 0 bridgehead atoms. The van der Waals surface area contributed by atoms with Crippen LogP contribution in [0.25, 0.3) is 0 Å². The first-order valence-electron chi connectivity index (χ1n) is 5.33. The van der Waals surface area contributed by atoms with Crippen LogP contribution in [0.5, 0.6) is 0 Å². The van der Waals surface area contributed by atoms with Crippen molar-refractivity contribution in [3.8, 4) is 0 Å². The number of hydrogen-bond acceptors (Lipinski definition) is 1. The molecule has 1 N–H and O–H groups in total. The van der Waals surface area contributed by atoms with Crippen LogP contribution < -0.4 is 5.32 Å². The van der Waals surface area contributed by atoms with Gasteiger partial charge in [-0.3, -0.25) is 4.99 Å². The summed E-state index contributed by atoms with van der Waals surface area (Å²) >= 11 is 0. The van der Waals surface area contributed by atoms with Crippen molar-refractivity contribution in [1.29, 1.82) is 0 Å². The van der Waals surface area contributed by atoms with Crippen LogP contribution in [-0.2, 0) is 6.54 Å². The average Bonchev–Trinajstić information content (AvgIpc) is 2.29. The number of halogens is 1. The van der Waals surface area contributed by atoms with Gasteiger partial charge in [-0.1, -0.05) is 12.1 Å². The van der Waals surface area contributed by atoms with E-state index in [2.05, 4.69) is 10.3 Å². The fourth-order valence-electron chi connectivity index (χ4n) is 1.48. The second kappa shape index (κ2) is 6.10. The maximum Gasteiger partial charge on any atom is 0.193 e. The molecule has 0 fully saturated rings. The van der Waals surface area contributed by atoms with Crippen LogP contribution in [0.3, 0.4) is 0 Å². The Labute approximate surface area is 96.0 Å². The predicted molar refractivity (Wildman–Crippen MR) is 64.9 cm³/mol. The SMILES string of the molecule is CCNC(=NC)N(C)Cc1ccc(F)cc1. The van der Waals surface area contributed by atoms with E-state index in [9.17, 15) is 4.39 Å². The van der Waals surface area contributed by atoms with Crippen LogP contribution in [0.4, 0.5) is 4.39 Å². The molecule has 16 heavy (non-hydrogen) atoms. The summed E-state index contributed by atoms with van der Waals surface area (Å²) in [7, 11) is 3.70. The van der Waals surface area contributed by atoms with Gasteiger partial charge in [0.1, 0.15) is 5.82 Å². The van der Waals surface area contributed by atoms with E-state index in [1.165, 1.54) is 12.1 Å². The summed E-state index contributed by atoms with van der Waals surface area (Å²) in [6, 6.07) is 6.51. The lowest BCUT2D eigenvalue weighted by molar-refractivity contribution is 0.478. The molecule has 3 nitrogen and oxygen atoms in total. The Hall–Kier alpha value is -1.58. The maximum absolute atomic E-state index is 12.7. The molecule has 0 aromatic heterocycles. The normalized spacial score (nSPS) is 11.4. The number of nitrogens with one attached hydrogen (secondary N) is 1. The van der Waals surface area contributed by atoms with E-state index in [0.717, 1.165) is 18.1 Å². The molecule has 1 aromatic rings. The first-order valence-corrected chi connectivity index (χ1v) is 5.33. The molecule has 0 aliphatic carbocycles. The zero-order chi connectivity index (χ0) is 12.0. The molecule has 0 radical (unpaired) electrons. The molecule has 0 heterocycles. The van der Waals surface area contributed by atoms with Crippen LogP contribution in [0.15, 0.2) is 29.3 Å².